The summed E-state index contributed by atoms with van der Waals surface area (Å²) in [5.41, 5.74) is 2.50. The van der Waals surface area contributed by atoms with Crippen LogP contribution in [0.15, 0.2) is 47.7 Å². The fourth-order valence-corrected chi connectivity index (χ4v) is 3.46. The number of rotatable bonds is 8. The molecule has 2 heterocycles. The summed E-state index contributed by atoms with van der Waals surface area (Å²) in [4.78, 5) is 7.34. The molecular formula is C21H33IN6. The van der Waals surface area contributed by atoms with Gasteiger partial charge in [0, 0.05) is 32.0 Å². The fourth-order valence-electron chi connectivity index (χ4n) is 3.46. The number of benzene rings is 1. The van der Waals surface area contributed by atoms with Crippen LogP contribution in [0.25, 0.3) is 0 Å². The molecule has 7 heteroatoms. The van der Waals surface area contributed by atoms with E-state index in [0.717, 1.165) is 32.1 Å². The van der Waals surface area contributed by atoms with Crippen molar-refractivity contribution in [3.63, 3.8) is 0 Å². The Labute approximate surface area is 185 Å². The number of hydrogen-bond acceptors (Lipinski definition) is 3. The van der Waals surface area contributed by atoms with Gasteiger partial charge < -0.3 is 15.5 Å². The Morgan fingerprint density at radius 3 is 2.57 bits per heavy atom. The summed E-state index contributed by atoms with van der Waals surface area (Å²) in [5.74, 6) is 0.892. The zero-order valence-corrected chi connectivity index (χ0v) is 19.1. The second-order valence-corrected chi connectivity index (χ2v) is 7.00. The molecule has 0 radical (unpaired) electrons. The maximum atomic E-state index is 4.80. The van der Waals surface area contributed by atoms with Crippen LogP contribution < -0.4 is 10.6 Å². The van der Waals surface area contributed by atoms with Gasteiger partial charge in [-0.2, -0.15) is 5.10 Å². The minimum atomic E-state index is 0. The molecule has 1 fully saturated rings. The number of aliphatic imine (C=N–C) groups is 1. The van der Waals surface area contributed by atoms with Crippen molar-refractivity contribution in [3.8, 4) is 0 Å². The van der Waals surface area contributed by atoms with E-state index in [1.54, 1.807) is 0 Å². The fraction of sp³-hybridized carbons (Fsp3) is 0.524. The van der Waals surface area contributed by atoms with Gasteiger partial charge >= 0.3 is 0 Å². The maximum Gasteiger partial charge on any atom is 0.191 e. The summed E-state index contributed by atoms with van der Waals surface area (Å²) in [6.07, 6.45) is 7.86. The molecule has 28 heavy (non-hydrogen) atoms. The number of aromatic nitrogens is 2. The normalized spacial score (nSPS) is 15.1. The number of nitrogens with one attached hydrogen (secondary N) is 2. The molecule has 0 amide bonds. The lowest BCUT2D eigenvalue weighted by atomic mass is 10.1. The van der Waals surface area contributed by atoms with Crippen molar-refractivity contribution >= 4 is 29.9 Å². The monoisotopic (exact) mass is 496 g/mol. The SMILES string of the molecule is CCNC(=NCc1ccccc1Cn1cccn1)NCCN1CCCCC1.I. The third-order valence-electron chi connectivity index (χ3n) is 4.93. The van der Waals surface area contributed by atoms with Crippen LogP contribution in [-0.4, -0.2) is 53.4 Å². The van der Waals surface area contributed by atoms with E-state index in [9.17, 15) is 0 Å². The Morgan fingerprint density at radius 2 is 1.86 bits per heavy atom. The van der Waals surface area contributed by atoms with E-state index in [1.165, 1.54) is 43.5 Å². The van der Waals surface area contributed by atoms with Crippen LogP contribution in [0.1, 0.15) is 37.3 Å². The molecule has 0 saturated carbocycles. The molecule has 154 valence electrons. The molecule has 0 aliphatic carbocycles. The van der Waals surface area contributed by atoms with Crippen molar-refractivity contribution in [2.24, 2.45) is 4.99 Å². The first-order valence-electron chi connectivity index (χ1n) is 10.1. The van der Waals surface area contributed by atoms with Crippen molar-refractivity contribution in [1.29, 1.82) is 0 Å². The van der Waals surface area contributed by atoms with E-state index in [0.29, 0.717) is 6.54 Å². The largest absolute Gasteiger partial charge is 0.357 e. The van der Waals surface area contributed by atoms with Gasteiger partial charge in [0.05, 0.1) is 13.1 Å². The molecular weight excluding hydrogens is 463 g/mol. The van der Waals surface area contributed by atoms with Crippen molar-refractivity contribution in [2.75, 3.05) is 32.7 Å². The highest BCUT2D eigenvalue weighted by atomic mass is 127. The molecule has 2 aromatic rings. The molecule has 0 unspecified atom stereocenters. The summed E-state index contributed by atoms with van der Waals surface area (Å²) < 4.78 is 1.95. The van der Waals surface area contributed by atoms with Crippen LogP contribution in [0.5, 0.6) is 0 Å². The minimum Gasteiger partial charge on any atom is -0.357 e. The van der Waals surface area contributed by atoms with Crippen LogP contribution in [0.4, 0.5) is 0 Å². The topological polar surface area (TPSA) is 57.5 Å². The predicted molar refractivity (Wildman–Crippen MR) is 126 cm³/mol. The third-order valence-corrected chi connectivity index (χ3v) is 4.93. The van der Waals surface area contributed by atoms with Gasteiger partial charge in [-0.1, -0.05) is 30.7 Å². The van der Waals surface area contributed by atoms with Gasteiger partial charge in [0.15, 0.2) is 5.96 Å². The highest BCUT2D eigenvalue weighted by Gasteiger charge is 2.09. The summed E-state index contributed by atoms with van der Waals surface area (Å²) in [7, 11) is 0. The van der Waals surface area contributed by atoms with Gasteiger partial charge in [-0.3, -0.25) is 4.68 Å². The van der Waals surface area contributed by atoms with Crippen LogP contribution in [0, 0.1) is 0 Å². The first kappa shape index (κ1) is 22.7. The first-order chi connectivity index (χ1) is 13.3. The van der Waals surface area contributed by atoms with Crippen molar-refractivity contribution in [1.82, 2.24) is 25.3 Å². The van der Waals surface area contributed by atoms with Gasteiger partial charge in [0.1, 0.15) is 0 Å². The number of likely N-dealkylation sites (tertiary alicyclic amines) is 1. The molecule has 6 nitrogen and oxygen atoms in total. The zero-order chi connectivity index (χ0) is 18.7. The van der Waals surface area contributed by atoms with E-state index in [4.69, 9.17) is 4.99 Å². The third kappa shape index (κ3) is 7.43. The quantitative estimate of drug-likeness (QED) is 0.335. The van der Waals surface area contributed by atoms with Gasteiger partial charge in [0.2, 0.25) is 0 Å². The first-order valence-corrected chi connectivity index (χ1v) is 10.1. The van der Waals surface area contributed by atoms with E-state index in [-0.39, 0.29) is 24.0 Å². The van der Waals surface area contributed by atoms with Crippen LogP contribution in [0.3, 0.4) is 0 Å². The Kier molecular flexibility index (Phi) is 10.3. The van der Waals surface area contributed by atoms with E-state index < -0.39 is 0 Å². The summed E-state index contributed by atoms with van der Waals surface area (Å²) in [5, 5.41) is 11.2. The Balaban J connectivity index is 0.00000280. The molecule has 1 aromatic carbocycles. The number of hydrogen-bond donors (Lipinski definition) is 2. The van der Waals surface area contributed by atoms with Crippen LogP contribution in [-0.2, 0) is 13.1 Å². The number of nitrogens with zero attached hydrogens (tertiary/aromatic N) is 4. The second-order valence-electron chi connectivity index (χ2n) is 7.00. The molecule has 0 bridgehead atoms. The maximum absolute atomic E-state index is 4.80. The van der Waals surface area contributed by atoms with Gasteiger partial charge in [-0.25, -0.2) is 4.99 Å². The van der Waals surface area contributed by atoms with Crippen molar-refractivity contribution in [3.05, 3.63) is 53.9 Å². The van der Waals surface area contributed by atoms with Gasteiger partial charge in [-0.15, -0.1) is 24.0 Å². The summed E-state index contributed by atoms with van der Waals surface area (Å²) in [6, 6.07) is 10.4. The summed E-state index contributed by atoms with van der Waals surface area (Å²) in [6.45, 7) is 8.89. The van der Waals surface area contributed by atoms with Crippen molar-refractivity contribution < 1.29 is 0 Å². The Hall–Kier alpha value is -1.61. The van der Waals surface area contributed by atoms with Gasteiger partial charge in [0.25, 0.3) is 0 Å². The standard InChI is InChI=1S/C21H32N6.HI/c1-2-22-21(23-12-16-26-13-6-3-7-14-26)24-17-19-9-4-5-10-20(19)18-27-15-8-11-25-27;/h4-5,8-11,15H,2-3,6-7,12-14,16-18H2,1H3,(H2,22,23,24);1H. The lowest BCUT2D eigenvalue weighted by Gasteiger charge is -2.26. The number of piperidine rings is 1. The second kappa shape index (κ2) is 12.8. The molecule has 0 spiro atoms. The van der Waals surface area contributed by atoms with Crippen LogP contribution >= 0.6 is 24.0 Å². The molecule has 1 aliphatic rings. The van der Waals surface area contributed by atoms with E-state index >= 15 is 0 Å². The molecule has 0 atom stereocenters. The Morgan fingerprint density at radius 1 is 1.07 bits per heavy atom. The zero-order valence-electron chi connectivity index (χ0n) is 16.8. The van der Waals surface area contributed by atoms with E-state index in [1.807, 2.05) is 23.1 Å². The average Bonchev–Trinajstić information content (AvgIpc) is 3.21. The molecule has 1 aliphatic heterocycles. The number of halogens is 1. The predicted octanol–water partition coefficient (Wildman–Crippen LogP) is 3.09. The van der Waals surface area contributed by atoms with Gasteiger partial charge in [-0.05, 0) is 50.0 Å². The molecule has 3 rings (SSSR count). The highest BCUT2D eigenvalue weighted by molar-refractivity contribution is 14.0. The number of guanidine groups is 1. The van der Waals surface area contributed by atoms with Crippen molar-refractivity contribution in [2.45, 2.75) is 39.3 Å². The smallest absolute Gasteiger partial charge is 0.191 e. The molecule has 1 saturated heterocycles. The van der Waals surface area contributed by atoms with E-state index in [2.05, 4.69) is 51.8 Å². The Bertz CT molecular complexity index is 695. The minimum absolute atomic E-state index is 0. The average molecular weight is 496 g/mol. The summed E-state index contributed by atoms with van der Waals surface area (Å²) >= 11 is 0. The lowest BCUT2D eigenvalue weighted by Crippen LogP contribution is -2.42. The van der Waals surface area contributed by atoms with Crippen LogP contribution in [0.2, 0.25) is 0 Å². The highest BCUT2D eigenvalue weighted by Crippen LogP contribution is 2.12. The molecule has 1 aromatic heterocycles. The lowest BCUT2D eigenvalue weighted by molar-refractivity contribution is 0.232. The molecule has 2 N–H and O–H groups in total.